The van der Waals surface area contributed by atoms with Crippen molar-refractivity contribution in [2.24, 2.45) is 0 Å². The molecule has 0 saturated carbocycles. The summed E-state index contributed by atoms with van der Waals surface area (Å²) in [4.78, 5) is 11.5. The van der Waals surface area contributed by atoms with Gasteiger partial charge in [-0.3, -0.25) is 0 Å². The number of hydrogen-bond donors (Lipinski definition) is 1. The van der Waals surface area contributed by atoms with Crippen LogP contribution in [0.15, 0.2) is 54.6 Å². The van der Waals surface area contributed by atoms with Crippen LogP contribution >= 0.6 is 0 Å². The Morgan fingerprint density at radius 3 is 2.52 bits per heavy atom. The first-order valence-electron chi connectivity index (χ1n) is 7.34. The Labute approximate surface area is 141 Å². The van der Waals surface area contributed by atoms with E-state index in [1.54, 1.807) is 24.3 Å². The van der Waals surface area contributed by atoms with Crippen molar-refractivity contribution in [1.82, 2.24) is 5.32 Å². The van der Waals surface area contributed by atoms with Crippen molar-refractivity contribution in [3.05, 3.63) is 77.1 Å². The van der Waals surface area contributed by atoms with Gasteiger partial charge in [-0.1, -0.05) is 48.6 Å². The van der Waals surface area contributed by atoms with Crippen LogP contribution in [-0.2, 0) is 17.5 Å². The standard InChI is InChI=1S/C18H15F4NO2/c19-15-9-8-14(16(11-15)18(20,21)22)7-4-10-23-17(24)25-12-13-5-2-1-3-6-13/h1-9,11H,10,12H2,(H,23,24). The molecule has 25 heavy (non-hydrogen) atoms. The maximum Gasteiger partial charge on any atom is 0.417 e. The molecule has 2 rings (SSSR count). The molecular weight excluding hydrogens is 338 g/mol. The first-order chi connectivity index (χ1) is 11.9. The molecule has 0 aliphatic carbocycles. The van der Waals surface area contributed by atoms with Gasteiger partial charge in [0.2, 0.25) is 0 Å². The topological polar surface area (TPSA) is 38.3 Å². The lowest BCUT2D eigenvalue weighted by Crippen LogP contribution is -2.24. The monoisotopic (exact) mass is 353 g/mol. The minimum atomic E-state index is -4.66. The molecule has 132 valence electrons. The summed E-state index contributed by atoms with van der Waals surface area (Å²) in [5.74, 6) is -0.966. The number of rotatable bonds is 5. The van der Waals surface area contributed by atoms with Crippen LogP contribution in [-0.4, -0.2) is 12.6 Å². The van der Waals surface area contributed by atoms with E-state index in [9.17, 15) is 22.4 Å². The van der Waals surface area contributed by atoms with Crippen molar-refractivity contribution in [2.75, 3.05) is 6.54 Å². The SMILES string of the molecule is O=C(NCC=Cc1ccc(F)cc1C(F)(F)F)OCc1ccccc1. The molecule has 1 amide bonds. The summed E-state index contributed by atoms with van der Waals surface area (Å²) >= 11 is 0. The van der Waals surface area contributed by atoms with Gasteiger partial charge in [0.25, 0.3) is 0 Å². The number of alkyl halides is 3. The normalized spacial score (nSPS) is 11.5. The minimum absolute atomic E-state index is 0.0255. The van der Waals surface area contributed by atoms with Crippen LogP contribution in [0.3, 0.4) is 0 Å². The van der Waals surface area contributed by atoms with E-state index in [4.69, 9.17) is 4.74 Å². The molecule has 2 aromatic carbocycles. The number of nitrogens with one attached hydrogen (secondary N) is 1. The van der Waals surface area contributed by atoms with E-state index in [0.29, 0.717) is 6.07 Å². The molecule has 0 aliphatic rings. The van der Waals surface area contributed by atoms with Crippen molar-refractivity contribution in [3.63, 3.8) is 0 Å². The van der Waals surface area contributed by atoms with Crippen molar-refractivity contribution < 1.29 is 27.1 Å². The predicted octanol–water partition coefficient (Wildman–Crippen LogP) is 4.78. The van der Waals surface area contributed by atoms with Crippen LogP contribution in [0.4, 0.5) is 22.4 Å². The third kappa shape index (κ3) is 5.95. The summed E-state index contributed by atoms with van der Waals surface area (Å²) in [6.45, 7) is 0.0644. The van der Waals surface area contributed by atoms with Crippen LogP contribution in [0.1, 0.15) is 16.7 Å². The quantitative estimate of drug-likeness (QED) is 0.786. The molecule has 0 bridgehead atoms. The zero-order valence-corrected chi connectivity index (χ0v) is 13.0. The Morgan fingerprint density at radius 2 is 1.84 bits per heavy atom. The molecule has 7 heteroatoms. The number of carbonyl (C=O) groups is 1. The van der Waals surface area contributed by atoms with Gasteiger partial charge in [0, 0.05) is 6.54 Å². The fourth-order valence-electron chi connectivity index (χ4n) is 2.02. The van der Waals surface area contributed by atoms with Crippen molar-refractivity contribution in [2.45, 2.75) is 12.8 Å². The first-order valence-corrected chi connectivity index (χ1v) is 7.34. The van der Waals surface area contributed by atoms with Gasteiger partial charge in [-0.05, 0) is 23.3 Å². The smallest absolute Gasteiger partial charge is 0.417 e. The zero-order valence-electron chi connectivity index (χ0n) is 13.0. The predicted molar refractivity (Wildman–Crippen MR) is 85.1 cm³/mol. The van der Waals surface area contributed by atoms with E-state index in [0.717, 1.165) is 17.7 Å². The number of halogens is 4. The number of amides is 1. The highest BCUT2D eigenvalue weighted by atomic mass is 19.4. The number of alkyl carbamates (subject to hydrolysis) is 1. The summed E-state index contributed by atoms with van der Waals surface area (Å²) in [5.41, 5.74) is -0.446. The van der Waals surface area contributed by atoms with Crippen LogP contribution in [0, 0.1) is 5.82 Å². The van der Waals surface area contributed by atoms with Gasteiger partial charge >= 0.3 is 12.3 Å². The molecule has 0 fully saturated rings. The van der Waals surface area contributed by atoms with Gasteiger partial charge in [-0.25, -0.2) is 9.18 Å². The summed E-state index contributed by atoms with van der Waals surface area (Å²) in [6, 6.07) is 11.4. The Kier molecular flexibility index (Phi) is 6.16. The van der Waals surface area contributed by atoms with Crippen LogP contribution in [0.5, 0.6) is 0 Å². The van der Waals surface area contributed by atoms with Gasteiger partial charge in [0.15, 0.2) is 0 Å². The molecule has 0 saturated heterocycles. The zero-order chi connectivity index (χ0) is 18.3. The molecule has 0 unspecified atom stereocenters. The van der Waals surface area contributed by atoms with Crippen LogP contribution in [0.2, 0.25) is 0 Å². The summed E-state index contributed by atoms with van der Waals surface area (Å²) in [5, 5.41) is 2.39. The minimum Gasteiger partial charge on any atom is -0.445 e. The van der Waals surface area contributed by atoms with Gasteiger partial charge in [0.05, 0.1) is 5.56 Å². The van der Waals surface area contributed by atoms with Gasteiger partial charge in [-0.15, -0.1) is 0 Å². The molecule has 1 N–H and O–H groups in total. The number of carbonyl (C=O) groups excluding carboxylic acids is 1. The maximum absolute atomic E-state index is 13.0. The van der Waals surface area contributed by atoms with Crippen LogP contribution < -0.4 is 5.32 Å². The van der Waals surface area contributed by atoms with E-state index in [2.05, 4.69) is 5.32 Å². The lowest BCUT2D eigenvalue weighted by atomic mass is 10.1. The number of ether oxygens (including phenoxy) is 1. The molecule has 0 spiro atoms. The maximum atomic E-state index is 13.0. The third-order valence-electron chi connectivity index (χ3n) is 3.20. The van der Waals surface area contributed by atoms with E-state index in [-0.39, 0.29) is 18.7 Å². The first kappa shape index (κ1) is 18.5. The second-order valence-corrected chi connectivity index (χ2v) is 5.07. The molecule has 0 atom stereocenters. The number of benzene rings is 2. The lowest BCUT2D eigenvalue weighted by molar-refractivity contribution is -0.137. The highest BCUT2D eigenvalue weighted by molar-refractivity contribution is 5.67. The second-order valence-electron chi connectivity index (χ2n) is 5.07. The average molecular weight is 353 g/mol. The highest BCUT2D eigenvalue weighted by Crippen LogP contribution is 2.33. The Hall–Kier alpha value is -2.83. The van der Waals surface area contributed by atoms with Crippen molar-refractivity contribution in [3.8, 4) is 0 Å². The Morgan fingerprint density at radius 1 is 1.12 bits per heavy atom. The van der Waals surface area contributed by atoms with E-state index < -0.39 is 23.7 Å². The fourth-order valence-corrected chi connectivity index (χ4v) is 2.02. The summed E-state index contributed by atoms with van der Waals surface area (Å²) in [7, 11) is 0. The fraction of sp³-hybridized carbons (Fsp3) is 0.167. The second kappa shape index (κ2) is 8.32. The average Bonchev–Trinajstić information content (AvgIpc) is 2.58. The summed E-state index contributed by atoms with van der Waals surface area (Å²) in [6.07, 6.45) is -2.86. The molecule has 0 heterocycles. The molecule has 2 aromatic rings. The van der Waals surface area contributed by atoms with Crippen molar-refractivity contribution >= 4 is 12.2 Å². The van der Waals surface area contributed by atoms with Crippen LogP contribution in [0.25, 0.3) is 6.08 Å². The molecule has 0 aliphatic heterocycles. The highest BCUT2D eigenvalue weighted by Gasteiger charge is 2.33. The number of hydrogen-bond acceptors (Lipinski definition) is 2. The third-order valence-corrected chi connectivity index (χ3v) is 3.20. The van der Waals surface area contributed by atoms with Gasteiger partial charge < -0.3 is 10.1 Å². The molecule has 3 nitrogen and oxygen atoms in total. The molecule has 0 aromatic heterocycles. The van der Waals surface area contributed by atoms with E-state index in [1.807, 2.05) is 6.07 Å². The molecule has 0 radical (unpaired) electrons. The van der Waals surface area contributed by atoms with Crippen molar-refractivity contribution in [1.29, 1.82) is 0 Å². The largest absolute Gasteiger partial charge is 0.445 e. The lowest BCUT2D eigenvalue weighted by Gasteiger charge is -2.10. The van der Waals surface area contributed by atoms with Gasteiger partial charge in [-0.2, -0.15) is 13.2 Å². The Balaban J connectivity index is 1.86. The summed E-state index contributed by atoms with van der Waals surface area (Å²) < 4.78 is 56.5. The molecular formula is C18H15F4NO2. The van der Waals surface area contributed by atoms with Gasteiger partial charge in [0.1, 0.15) is 12.4 Å². The van der Waals surface area contributed by atoms with E-state index >= 15 is 0 Å². The van der Waals surface area contributed by atoms with E-state index in [1.165, 1.54) is 12.2 Å². The Bertz CT molecular complexity index is 742.